The van der Waals surface area contributed by atoms with E-state index in [0.717, 1.165) is 0 Å². The number of halogens is 2. The van der Waals surface area contributed by atoms with Crippen LogP contribution in [0.15, 0.2) is 12.1 Å². The van der Waals surface area contributed by atoms with Crippen LogP contribution in [0, 0.1) is 21.7 Å². The van der Waals surface area contributed by atoms with Crippen molar-refractivity contribution >= 4 is 5.69 Å². The van der Waals surface area contributed by atoms with Crippen LogP contribution in [0.25, 0.3) is 0 Å². The molecule has 0 amide bonds. The fourth-order valence-electron chi connectivity index (χ4n) is 1.21. The number of ether oxygens (including phenoxy) is 1. The van der Waals surface area contributed by atoms with Crippen LogP contribution >= 0.6 is 0 Å². The predicted molar refractivity (Wildman–Crippen MR) is 55.5 cm³/mol. The zero-order chi connectivity index (χ0) is 13.7. The molecule has 0 radical (unpaired) electrons. The maximum absolute atomic E-state index is 13.3. The first kappa shape index (κ1) is 14.4. The van der Waals surface area contributed by atoms with Crippen LogP contribution in [0.2, 0.25) is 0 Å². The molecular weight excluding hydrogens is 252 g/mol. The van der Waals surface area contributed by atoms with Gasteiger partial charge in [-0.05, 0) is 0 Å². The van der Waals surface area contributed by atoms with E-state index in [1.807, 2.05) is 0 Å². The van der Waals surface area contributed by atoms with Gasteiger partial charge in [-0.25, -0.2) is 4.39 Å². The average Bonchev–Trinajstić information content (AvgIpc) is 2.27. The number of benzene rings is 1. The molecule has 18 heavy (non-hydrogen) atoms. The molecule has 1 aromatic carbocycles. The fourth-order valence-corrected chi connectivity index (χ4v) is 1.21. The second-order valence-electron chi connectivity index (χ2n) is 3.43. The van der Waals surface area contributed by atoms with Gasteiger partial charge in [-0.1, -0.05) is 0 Å². The second kappa shape index (κ2) is 6.34. The smallest absolute Gasteiger partial charge is 0.305 e. The molecule has 2 N–H and O–H groups in total. The number of aliphatic hydroxyl groups is 2. The number of aliphatic hydroxyl groups excluding tert-OH is 2. The van der Waals surface area contributed by atoms with Crippen molar-refractivity contribution in [3.8, 4) is 0 Å². The van der Waals surface area contributed by atoms with E-state index in [9.17, 15) is 18.9 Å². The number of nitro benzene ring substituents is 1. The summed E-state index contributed by atoms with van der Waals surface area (Å²) >= 11 is 0. The summed E-state index contributed by atoms with van der Waals surface area (Å²) in [7, 11) is 0. The first-order valence-corrected chi connectivity index (χ1v) is 4.98. The topological polar surface area (TPSA) is 92.8 Å². The first-order chi connectivity index (χ1) is 8.45. The van der Waals surface area contributed by atoms with Gasteiger partial charge in [0, 0.05) is 30.7 Å². The van der Waals surface area contributed by atoms with Crippen LogP contribution in [-0.2, 0) is 11.3 Å². The molecule has 0 saturated heterocycles. The molecule has 0 aromatic heterocycles. The second-order valence-corrected chi connectivity index (χ2v) is 3.43. The quantitative estimate of drug-likeness (QED) is 0.455. The van der Waals surface area contributed by atoms with Crippen molar-refractivity contribution < 1.29 is 28.7 Å². The Labute approximate surface area is 101 Å². The highest BCUT2D eigenvalue weighted by Gasteiger charge is 2.19. The third kappa shape index (κ3) is 3.69. The van der Waals surface area contributed by atoms with Gasteiger partial charge in [-0.15, -0.1) is 0 Å². The van der Waals surface area contributed by atoms with Crippen molar-refractivity contribution in [2.75, 3.05) is 6.61 Å². The van der Waals surface area contributed by atoms with E-state index < -0.39 is 35.1 Å². The fraction of sp³-hybridized carbons (Fsp3) is 0.400. The number of nitrogens with zero attached hydrogens (tertiary/aromatic N) is 1. The summed E-state index contributed by atoms with van der Waals surface area (Å²) in [4.78, 5) is 9.46. The molecular formula is C10H11F2NO5. The summed E-state index contributed by atoms with van der Waals surface area (Å²) in [5, 5.41) is 28.1. The Hall–Kier alpha value is -1.64. The van der Waals surface area contributed by atoms with Crippen molar-refractivity contribution in [1.29, 1.82) is 0 Å². The van der Waals surface area contributed by atoms with Crippen LogP contribution in [0.3, 0.4) is 0 Å². The van der Waals surface area contributed by atoms with E-state index in [0.29, 0.717) is 12.1 Å². The molecule has 1 rings (SSSR count). The standard InChI is InChI=1S/C10H11F2NO5/c11-7-4-8(12)9(13(16)17)3-6(7)5-18-10(15)1-2-14/h3-4,10,14-15H,1-2,5H2. The number of hydrogen-bond donors (Lipinski definition) is 2. The summed E-state index contributed by atoms with van der Waals surface area (Å²) in [6.45, 7) is -0.790. The molecule has 0 fully saturated rings. The Balaban J connectivity index is 2.82. The van der Waals surface area contributed by atoms with Gasteiger partial charge in [0.05, 0.1) is 11.5 Å². The summed E-state index contributed by atoms with van der Waals surface area (Å²) < 4.78 is 31.0. The average molecular weight is 263 g/mol. The zero-order valence-corrected chi connectivity index (χ0v) is 9.18. The molecule has 0 spiro atoms. The van der Waals surface area contributed by atoms with Gasteiger partial charge in [-0.3, -0.25) is 10.1 Å². The minimum absolute atomic E-state index is 0.0785. The highest BCUT2D eigenvalue weighted by molar-refractivity contribution is 5.36. The molecule has 1 unspecified atom stereocenters. The van der Waals surface area contributed by atoms with E-state index in [2.05, 4.69) is 0 Å². The van der Waals surface area contributed by atoms with E-state index in [-0.39, 0.29) is 18.6 Å². The molecule has 0 aliphatic carbocycles. The van der Waals surface area contributed by atoms with Gasteiger partial charge >= 0.3 is 5.69 Å². The van der Waals surface area contributed by atoms with Crippen molar-refractivity contribution in [2.24, 2.45) is 0 Å². The maximum atomic E-state index is 13.3. The lowest BCUT2D eigenvalue weighted by atomic mass is 10.2. The maximum Gasteiger partial charge on any atom is 0.305 e. The van der Waals surface area contributed by atoms with Crippen molar-refractivity contribution in [3.63, 3.8) is 0 Å². The lowest BCUT2D eigenvalue weighted by molar-refractivity contribution is -0.387. The van der Waals surface area contributed by atoms with Gasteiger partial charge in [0.15, 0.2) is 6.29 Å². The monoisotopic (exact) mass is 263 g/mol. The summed E-state index contributed by atoms with van der Waals surface area (Å²) in [5.74, 6) is -2.29. The largest absolute Gasteiger partial charge is 0.396 e. The highest BCUT2D eigenvalue weighted by atomic mass is 19.1. The first-order valence-electron chi connectivity index (χ1n) is 4.98. The van der Waals surface area contributed by atoms with Gasteiger partial charge in [-0.2, -0.15) is 4.39 Å². The highest BCUT2D eigenvalue weighted by Crippen LogP contribution is 2.22. The Morgan fingerprint density at radius 1 is 1.39 bits per heavy atom. The van der Waals surface area contributed by atoms with E-state index >= 15 is 0 Å². The van der Waals surface area contributed by atoms with Gasteiger partial charge in [0.2, 0.25) is 5.82 Å². The van der Waals surface area contributed by atoms with Gasteiger partial charge < -0.3 is 14.9 Å². The Bertz CT molecular complexity index is 441. The molecule has 0 saturated carbocycles. The van der Waals surface area contributed by atoms with Crippen molar-refractivity contribution in [3.05, 3.63) is 39.4 Å². The summed E-state index contributed by atoms with van der Waals surface area (Å²) in [6.07, 6.45) is -1.40. The Kier molecular flexibility index (Phi) is 5.08. The van der Waals surface area contributed by atoms with Gasteiger partial charge in [0.25, 0.3) is 0 Å². The molecule has 0 heterocycles. The third-order valence-corrected chi connectivity index (χ3v) is 2.12. The SMILES string of the molecule is O=[N+]([O-])c1cc(COC(O)CCO)c(F)cc1F. The number of nitro groups is 1. The summed E-state index contributed by atoms with van der Waals surface area (Å²) in [5.41, 5.74) is -1.12. The summed E-state index contributed by atoms with van der Waals surface area (Å²) in [6, 6.07) is 1.09. The van der Waals surface area contributed by atoms with Crippen LogP contribution in [0.4, 0.5) is 14.5 Å². The molecule has 0 aliphatic heterocycles. The predicted octanol–water partition coefficient (Wildman–Crippen LogP) is 1.09. The van der Waals surface area contributed by atoms with Crippen LogP contribution in [0.1, 0.15) is 12.0 Å². The van der Waals surface area contributed by atoms with Gasteiger partial charge in [0.1, 0.15) is 5.82 Å². The lowest BCUT2D eigenvalue weighted by Crippen LogP contribution is -2.14. The van der Waals surface area contributed by atoms with Crippen LogP contribution in [0.5, 0.6) is 0 Å². The number of rotatable bonds is 6. The van der Waals surface area contributed by atoms with Crippen molar-refractivity contribution in [2.45, 2.75) is 19.3 Å². The molecule has 6 nitrogen and oxygen atoms in total. The van der Waals surface area contributed by atoms with E-state index in [1.54, 1.807) is 0 Å². The van der Waals surface area contributed by atoms with Crippen LogP contribution in [-0.4, -0.2) is 28.0 Å². The molecule has 8 heteroatoms. The minimum Gasteiger partial charge on any atom is -0.396 e. The molecule has 1 atom stereocenters. The zero-order valence-electron chi connectivity index (χ0n) is 9.18. The van der Waals surface area contributed by atoms with Crippen LogP contribution < -0.4 is 0 Å². The molecule has 100 valence electrons. The number of hydrogen-bond acceptors (Lipinski definition) is 5. The molecule has 1 aromatic rings. The van der Waals surface area contributed by atoms with E-state index in [1.165, 1.54) is 0 Å². The minimum atomic E-state index is -1.32. The Morgan fingerprint density at radius 3 is 2.61 bits per heavy atom. The Morgan fingerprint density at radius 2 is 2.06 bits per heavy atom. The normalized spacial score (nSPS) is 12.4. The third-order valence-electron chi connectivity index (χ3n) is 2.12. The van der Waals surface area contributed by atoms with Crippen molar-refractivity contribution in [1.82, 2.24) is 0 Å². The lowest BCUT2D eigenvalue weighted by Gasteiger charge is -2.11. The van der Waals surface area contributed by atoms with E-state index in [4.69, 9.17) is 14.9 Å². The molecule has 0 bridgehead atoms. The molecule has 0 aliphatic rings.